The fourth-order valence-corrected chi connectivity index (χ4v) is 4.21. The van der Waals surface area contributed by atoms with E-state index < -0.39 is 10.0 Å². The summed E-state index contributed by atoms with van der Waals surface area (Å²) in [5, 5.41) is 2.87. The van der Waals surface area contributed by atoms with Gasteiger partial charge in [0, 0.05) is 18.8 Å². The summed E-state index contributed by atoms with van der Waals surface area (Å²) >= 11 is 1.55. The SMILES string of the molecule is CS(=O)(=O)N1CCCC(C(=O)Nc2ccc3scnc3c2)C1. The van der Waals surface area contributed by atoms with Gasteiger partial charge in [-0.25, -0.2) is 17.7 Å². The lowest BCUT2D eigenvalue weighted by Gasteiger charge is -2.30. The maximum absolute atomic E-state index is 12.4. The van der Waals surface area contributed by atoms with Gasteiger partial charge in [-0.15, -0.1) is 11.3 Å². The van der Waals surface area contributed by atoms with Crippen molar-refractivity contribution in [3.63, 3.8) is 0 Å². The first-order valence-electron chi connectivity index (χ1n) is 7.03. The van der Waals surface area contributed by atoms with E-state index in [-0.39, 0.29) is 18.4 Å². The number of nitrogens with one attached hydrogen (secondary N) is 1. The van der Waals surface area contributed by atoms with E-state index in [1.165, 1.54) is 10.6 Å². The van der Waals surface area contributed by atoms with Gasteiger partial charge < -0.3 is 5.32 Å². The number of nitrogens with zero attached hydrogens (tertiary/aromatic N) is 2. The van der Waals surface area contributed by atoms with Gasteiger partial charge in [0.2, 0.25) is 15.9 Å². The highest BCUT2D eigenvalue weighted by molar-refractivity contribution is 7.88. The molecule has 22 heavy (non-hydrogen) atoms. The van der Waals surface area contributed by atoms with E-state index in [4.69, 9.17) is 0 Å². The topological polar surface area (TPSA) is 79.4 Å². The number of sulfonamides is 1. The first-order valence-corrected chi connectivity index (χ1v) is 9.75. The second kappa shape index (κ2) is 5.94. The number of benzene rings is 1. The molecular weight excluding hydrogens is 322 g/mol. The molecule has 1 amide bonds. The first-order chi connectivity index (χ1) is 10.4. The predicted molar refractivity (Wildman–Crippen MR) is 87.4 cm³/mol. The van der Waals surface area contributed by atoms with Gasteiger partial charge in [0.15, 0.2) is 0 Å². The summed E-state index contributed by atoms with van der Waals surface area (Å²) in [6, 6.07) is 5.60. The molecule has 1 saturated heterocycles. The van der Waals surface area contributed by atoms with Crippen LogP contribution in [0.3, 0.4) is 0 Å². The zero-order chi connectivity index (χ0) is 15.7. The highest BCUT2D eigenvalue weighted by atomic mass is 32.2. The molecule has 8 heteroatoms. The third-order valence-corrected chi connectivity index (χ3v) is 5.90. The number of carbonyl (C=O) groups excluding carboxylic acids is 1. The van der Waals surface area contributed by atoms with Crippen molar-refractivity contribution in [3.05, 3.63) is 23.7 Å². The van der Waals surface area contributed by atoms with Crippen LogP contribution in [0.2, 0.25) is 0 Å². The summed E-state index contributed by atoms with van der Waals surface area (Å²) in [5.41, 5.74) is 3.31. The van der Waals surface area contributed by atoms with Gasteiger partial charge in [-0.05, 0) is 31.0 Å². The third kappa shape index (κ3) is 3.29. The number of rotatable bonds is 3. The lowest BCUT2D eigenvalue weighted by atomic mass is 9.98. The van der Waals surface area contributed by atoms with E-state index >= 15 is 0 Å². The van der Waals surface area contributed by atoms with Gasteiger partial charge in [0.25, 0.3) is 0 Å². The van der Waals surface area contributed by atoms with Crippen LogP contribution in [0, 0.1) is 5.92 Å². The van der Waals surface area contributed by atoms with Crippen LogP contribution in [-0.4, -0.2) is 43.0 Å². The molecular formula is C14H17N3O3S2. The second-order valence-electron chi connectivity index (χ2n) is 5.48. The van der Waals surface area contributed by atoms with Gasteiger partial charge in [-0.3, -0.25) is 4.79 Å². The highest BCUT2D eigenvalue weighted by Crippen LogP contribution is 2.24. The second-order valence-corrected chi connectivity index (χ2v) is 8.35. The number of amides is 1. The van der Waals surface area contributed by atoms with Crippen LogP contribution >= 0.6 is 11.3 Å². The minimum Gasteiger partial charge on any atom is -0.326 e. The molecule has 0 aliphatic carbocycles. The number of fused-ring (bicyclic) bond motifs is 1. The van der Waals surface area contributed by atoms with E-state index in [2.05, 4.69) is 10.3 Å². The fraction of sp³-hybridized carbons (Fsp3) is 0.429. The van der Waals surface area contributed by atoms with E-state index in [1.54, 1.807) is 16.8 Å². The average molecular weight is 339 g/mol. The Morgan fingerprint density at radius 3 is 3.05 bits per heavy atom. The quantitative estimate of drug-likeness (QED) is 0.926. The van der Waals surface area contributed by atoms with Crippen LogP contribution < -0.4 is 5.32 Å². The number of aromatic nitrogens is 1. The Kier molecular flexibility index (Phi) is 4.16. The Hall–Kier alpha value is -1.51. The summed E-state index contributed by atoms with van der Waals surface area (Å²) in [5.74, 6) is -0.447. The molecule has 6 nitrogen and oxygen atoms in total. The first kappa shape index (κ1) is 15.4. The molecule has 0 radical (unpaired) electrons. The monoisotopic (exact) mass is 339 g/mol. The summed E-state index contributed by atoms with van der Waals surface area (Å²) < 4.78 is 25.7. The maximum Gasteiger partial charge on any atom is 0.228 e. The number of piperidine rings is 1. The van der Waals surface area contributed by atoms with Crippen molar-refractivity contribution in [3.8, 4) is 0 Å². The maximum atomic E-state index is 12.4. The molecule has 1 aliphatic heterocycles. The van der Waals surface area contributed by atoms with Crippen LogP contribution in [0.25, 0.3) is 10.2 Å². The van der Waals surface area contributed by atoms with E-state index in [9.17, 15) is 13.2 Å². The molecule has 1 unspecified atom stereocenters. The number of carbonyl (C=O) groups is 1. The molecule has 1 aliphatic rings. The lowest BCUT2D eigenvalue weighted by molar-refractivity contribution is -0.120. The molecule has 2 aromatic rings. The summed E-state index contributed by atoms with van der Waals surface area (Å²) in [6.45, 7) is 0.747. The molecule has 3 rings (SSSR count). The highest BCUT2D eigenvalue weighted by Gasteiger charge is 2.30. The molecule has 1 aromatic carbocycles. The Labute approximate surface area is 133 Å². The van der Waals surface area contributed by atoms with Crippen molar-refractivity contribution in [1.82, 2.24) is 9.29 Å². The molecule has 1 atom stereocenters. The standard InChI is InChI=1S/C14H17N3O3S2/c1-22(19,20)17-6-2-3-10(8-17)14(18)16-11-4-5-13-12(7-11)15-9-21-13/h4-5,7,9-10H,2-3,6,8H2,1H3,(H,16,18). The average Bonchev–Trinajstić information content (AvgIpc) is 2.94. The van der Waals surface area contributed by atoms with Crippen LogP contribution in [0.15, 0.2) is 23.7 Å². The minimum absolute atomic E-state index is 0.136. The number of thiazole rings is 1. The van der Waals surface area contributed by atoms with Crippen molar-refractivity contribution >= 4 is 43.2 Å². The fourth-order valence-electron chi connectivity index (χ4n) is 2.64. The van der Waals surface area contributed by atoms with E-state index in [1.807, 2.05) is 18.2 Å². The molecule has 0 saturated carbocycles. The number of hydrogen-bond donors (Lipinski definition) is 1. The van der Waals surface area contributed by atoms with Crippen LogP contribution in [0.5, 0.6) is 0 Å². The Balaban J connectivity index is 1.70. The Morgan fingerprint density at radius 1 is 1.45 bits per heavy atom. The number of anilines is 1. The van der Waals surface area contributed by atoms with Gasteiger partial charge >= 0.3 is 0 Å². The van der Waals surface area contributed by atoms with Crippen molar-refractivity contribution in [1.29, 1.82) is 0 Å². The molecule has 0 spiro atoms. The lowest BCUT2D eigenvalue weighted by Crippen LogP contribution is -2.43. The van der Waals surface area contributed by atoms with Gasteiger partial charge in [0.05, 0.1) is 27.9 Å². The van der Waals surface area contributed by atoms with Crippen LogP contribution in [-0.2, 0) is 14.8 Å². The third-order valence-electron chi connectivity index (χ3n) is 3.82. The predicted octanol–water partition coefficient (Wildman–Crippen LogP) is 1.91. The smallest absolute Gasteiger partial charge is 0.228 e. The zero-order valence-electron chi connectivity index (χ0n) is 12.2. The van der Waals surface area contributed by atoms with Crippen molar-refractivity contribution < 1.29 is 13.2 Å². The van der Waals surface area contributed by atoms with Gasteiger partial charge in [-0.1, -0.05) is 0 Å². The van der Waals surface area contributed by atoms with E-state index in [0.29, 0.717) is 25.1 Å². The summed E-state index contributed by atoms with van der Waals surface area (Å²) in [6.07, 6.45) is 2.59. The van der Waals surface area contributed by atoms with Crippen LogP contribution in [0.1, 0.15) is 12.8 Å². The van der Waals surface area contributed by atoms with Crippen molar-refractivity contribution in [2.75, 3.05) is 24.7 Å². The summed E-state index contributed by atoms with van der Waals surface area (Å²) in [7, 11) is -3.24. The van der Waals surface area contributed by atoms with E-state index in [0.717, 1.165) is 10.2 Å². The van der Waals surface area contributed by atoms with Gasteiger partial charge in [-0.2, -0.15) is 0 Å². The molecule has 2 heterocycles. The summed E-state index contributed by atoms with van der Waals surface area (Å²) in [4.78, 5) is 16.6. The largest absolute Gasteiger partial charge is 0.326 e. The van der Waals surface area contributed by atoms with Crippen LogP contribution in [0.4, 0.5) is 5.69 Å². The van der Waals surface area contributed by atoms with Crippen molar-refractivity contribution in [2.45, 2.75) is 12.8 Å². The molecule has 1 fully saturated rings. The number of hydrogen-bond acceptors (Lipinski definition) is 5. The molecule has 1 N–H and O–H groups in total. The normalized spacial score (nSPS) is 20.1. The Bertz CT molecular complexity index is 801. The molecule has 118 valence electrons. The minimum atomic E-state index is -3.24. The molecule has 0 bridgehead atoms. The Morgan fingerprint density at radius 2 is 2.27 bits per heavy atom. The molecule has 1 aromatic heterocycles. The van der Waals surface area contributed by atoms with Gasteiger partial charge in [0.1, 0.15) is 0 Å². The van der Waals surface area contributed by atoms with Crippen molar-refractivity contribution in [2.24, 2.45) is 5.92 Å². The zero-order valence-corrected chi connectivity index (χ0v) is 13.8.